The predicted octanol–water partition coefficient (Wildman–Crippen LogP) is 0.382. The molecule has 0 bridgehead atoms. The molecule has 1 aliphatic rings. The number of nitrogens with two attached hydrogens (primary N) is 1. The van der Waals surface area contributed by atoms with E-state index in [0.29, 0.717) is 5.82 Å². The molecule has 1 amide bonds. The lowest BCUT2D eigenvalue weighted by molar-refractivity contribution is 0.234. The second kappa shape index (κ2) is 4.83. The molecule has 2 rings (SSSR count). The molecule has 7 nitrogen and oxygen atoms in total. The first-order valence-electron chi connectivity index (χ1n) is 6.28. The summed E-state index contributed by atoms with van der Waals surface area (Å²) < 4.78 is 1.74. The Morgan fingerprint density at radius 1 is 1.44 bits per heavy atom. The van der Waals surface area contributed by atoms with E-state index in [1.54, 1.807) is 0 Å². The van der Waals surface area contributed by atoms with Crippen LogP contribution in [0, 0.1) is 0 Å². The van der Waals surface area contributed by atoms with E-state index in [0.717, 1.165) is 35.0 Å². The van der Waals surface area contributed by atoms with Gasteiger partial charge >= 0.3 is 11.7 Å². The van der Waals surface area contributed by atoms with E-state index >= 15 is 0 Å². The average Bonchev–Trinajstić information content (AvgIpc) is 2.89. The number of amides is 1. The van der Waals surface area contributed by atoms with Crippen LogP contribution < -0.4 is 16.8 Å². The molecule has 3 N–H and O–H groups in total. The fourth-order valence-corrected chi connectivity index (χ4v) is 2.23. The number of hydrogen-bond acceptors (Lipinski definition) is 4. The van der Waals surface area contributed by atoms with Crippen molar-refractivity contribution in [3.63, 3.8) is 0 Å². The Labute approximate surface area is 105 Å². The first-order chi connectivity index (χ1) is 8.50. The molecule has 0 radical (unpaired) electrons. The zero-order valence-corrected chi connectivity index (χ0v) is 10.7. The van der Waals surface area contributed by atoms with Crippen molar-refractivity contribution in [3.05, 3.63) is 16.3 Å². The number of carbonyl (C=O) groups is 1. The maximum atomic E-state index is 11.9. The molecule has 7 heteroatoms. The summed E-state index contributed by atoms with van der Waals surface area (Å²) in [6.45, 7) is 3.73. The number of hydrogen-bond donors (Lipinski definition) is 2. The third-order valence-electron chi connectivity index (χ3n) is 3.23. The van der Waals surface area contributed by atoms with Gasteiger partial charge in [-0.05, 0) is 12.8 Å². The Kier molecular flexibility index (Phi) is 3.40. The molecule has 0 saturated heterocycles. The van der Waals surface area contributed by atoms with Gasteiger partial charge in [0.1, 0.15) is 0 Å². The van der Waals surface area contributed by atoms with Crippen LogP contribution >= 0.6 is 0 Å². The van der Waals surface area contributed by atoms with Crippen LogP contribution in [-0.2, 0) is 0 Å². The summed E-state index contributed by atoms with van der Waals surface area (Å²) in [4.78, 5) is 23.7. The highest BCUT2D eigenvalue weighted by molar-refractivity contribution is 5.75. The Balaban J connectivity index is 2.19. The number of rotatable bonds is 2. The first-order valence-corrected chi connectivity index (χ1v) is 6.28. The number of nitrogens with one attached hydrogen (secondary N) is 1. The second-order valence-corrected chi connectivity index (χ2v) is 5.01. The van der Waals surface area contributed by atoms with Gasteiger partial charge in [0.15, 0.2) is 5.82 Å². The van der Waals surface area contributed by atoms with Crippen LogP contribution in [0.5, 0.6) is 0 Å². The van der Waals surface area contributed by atoms with Gasteiger partial charge in [0, 0.05) is 12.0 Å². The van der Waals surface area contributed by atoms with E-state index in [1.807, 2.05) is 13.8 Å². The van der Waals surface area contributed by atoms with Crippen molar-refractivity contribution in [2.75, 3.05) is 5.84 Å². The molecule has 1 aliphatic carbocycles. The minimum Gasteiger partial charge on any atom is -0.333 e. The smallest absolute Gasteiger partial charge is 0.333 e. The van der Waals surface area contributed by atoms with Crippen molar-refractivity contribution in [1.29, 1.82) is 0 Å². The standard InChI is InChI=1S/C11H19N5O2/c1-7(2)9-14-16(11(18)15(9)12)10(17)13-8-5-3-4-6-8/h7-8H,3-6,12H2,1-2H3,(H,13,17). The molecule has 1 aromatic rings. The molecule has 100 valence electrons. The van der Waals surface area contributed by atoms with Gasteiger partial charge in [-0.25, -0.2) is 9.59 Å². The minimum absolute atomic E-state index is 0.0109. The zero-order chi connectivity index (χ0) is 13.3. The van der Waals surface area contributed by atoms with Crippen LogP contribution in [0.15, 0.2) is 4.79 Å². The first kappa shape index (κ1) is 12.7. The van der Waals surface area contributed by atoms with Crippen molar-refractivity contribution in [2.45, 2.75) is 51.5 Å². The molecule has 1 aromatic heterocycles. The fourth-order valence-electron chi connectivity index (χ4n) is 2.23. The monoisotopic (exact) mass is 253 g/mol. The van der Waals surface area contributed by atoms with E-state index in [9.17, 15) is 9.59 Å². The fraction of sp³-hybridized carbons (Fsp3) is 0.727. The highest BCUT2D eigenvalue weighted by Crippen LogP contribution is 2.17. The molecular formula is C11H19N5O2. The third kappa shape index (κ3) is 2.25. The molecule has 0 aromatic carbocycles. The highest BCUT2D eigenvalue weighted by atomic mass is 16.2. The lowest BCUT2D eigenvalue weighted by atomic mass is 10.2. The van der Waals surface area contributed by atoms with Crippen molar-refractivity contribution < 1.29 is 4.79 Å². The van der Waals surface area contributed by atoms with Gasteiger partial charge in [-0.2, -0.15) is 4.68 Å². The van der Waals surface area contributed by atoms with Crippen molar-refractivity contribution in [1.82, 2.24) is 19.8 Å². The molecular weight excluding hydrogens is 234 g/mol. The van der Waals surface area contributed by atoms with Crippen molar-refractivity contribution in [3.8, 4) is 0 Å². The van der Waals surface area contributed by atoms with E-state index in [4.69, 9.17) is 5.84 Å². The summed E-state index contributed by atoms with van der Waals surface area (Å²) in [5.74, 6) is 5.98. The molecule has 18 heavy (non-hydrogen) atoms. The summed E-state index contributed by atoms with van der Waals surface area (Å²) in [6, 6.07) is -0.340. The van der Waals surface area contributed by atoms with E-state index < -0.39 is 11.7 Å². The van der Waals surface area contributed by atoms with E-state index in [2.05, 4.69) is 10.4 Å². The Bertz CT molecular complexity index is 496. The topological polar surface area (TPSA) is 94.9 Å². The van der Waals surface area contributed by atoms with Gasteiger partial charge in [-0.1, -0.05) is 26.7 Å². The molecule has 0 spiro atoms. The summed E-state index contributed by atoms with van der Waals surface area (Å²) in [5, 5.41) is 6.79. The molecule has 0 unspecified atom stereocenters. The third-order valence-corrected chi connectivity index (χ3v) is 3.23. The van der Waals surface area contributed by atoms with Crippen LogP contribution in [0.4, 0.5) is 4.79 Å². The van der Waals surface area contributed by atoms with Crippen LogP contribution in [-0.4, -0.2) is 26.5 Å². The average molecular weight is 253 g/mol. The Hall–Kier alpha value is -1.79. The van der Waals surface area contributed by atoms with Crippen molar-refractivity contribution in [2.24, 2.45) is 0 Å². The molecule has 1 heterocycles. The highest BCUT2D eigenvalue weighted by Gasteiger charge is 2.22. The number of carbonyl (C=O) groups excluding carboxylic acids is 1. The number of nitrogen functional groups attached to an aromatic ring is 1. The molecule has 0 atom stereocenters. The normalized spacial score (nSPS) is 16.4. The Morgan fingerprint density at radius 2 is 2.06 bits per heavy atom. The minimum atomic E-state index is -0.603. The summed E-state index contributed by atoms with van der Waals surface area (Å²) in [7, 11) is 0. The van der Waals surface area contributed by atoms with E-state index in [1.165, 1.54) is 0 Å². The quantitative estimate of drug-likeness (QED) is 0.745. The second-order valence-electron chi connectivity index (χ2n) is 5.01. The maximum Gasteiger partial charge on any atom is 0.373 e. The van der Waals surface area contributed by atoms with Crippen LogP contribution in [0.2, 0.25) is 0 Å². The number of aromatic nitrogens is 3. The van der Waals surface area contributed by atoms with Crippen LogP contribution in [0.1, 0.15) is 51.3 Å². The predicted molar refractivity (Wildman–Crippen MR) is 66.9 cm³/mol. The van der Waals surface area contributed by atoms with Gasteiger partial charge in [0.25, 0.3) is 0 Å². The van der Waals surface area contributed by atoms with Crippen molar-refractivity contribution >= 4 is 6.03 Å². The van der Waals surface area contributed by atoms with Gasteiger partial charge in [-0.3, -0.25) is 0 Å². The van der Waals surface area contributed by atoms with Gasteiger partial charge in [0.05, 0.1) is 0 Å². The summed E-state index contributed by atoms with van der Waals surface area (Å²) in [5.41, 5.74) is -0.603. The molecule has 1 fully saturated rings. The zero-order valence-electron chi connectivity index (χ0n) is 10.7. The summed E-state index contributed by atoms with van der Waals surface area (Å²) >= 11 is 0. The van der Waals surface area contributed by atoms with Crippen LogP contribution in [0.25, 0.3) is 0 Å². The van der Waals surface area contributed by atoms with Gasteiger partial charge in [-0.15, -0.1) is 9.78 Å². The SMILES string of the molecule is CC(C)c1nn(C(=O)NC2CCCC2)c(=O)n1N. The van der Waals surface area contributed by atoms with E-state index in [-0.39, 0.29) is 12.0 Å². The van der Waals surface area contributed by atoms with Gasteiger partial charge in [0.2, 0.25) is 0 Å². The van der Waals surface area contributed by atoms with Gasteiger partial charge < -0.3 is 11.2 Å². The molecule has 0 aliphatic heterocycles. The largest absolute Gasteiger partial charge is 0.373 e. The van der Waals surface area contributed by atoms with Crippen LogP contribution in [0.3, 0.4) is 0 Å². The maximum absolute atomic E-state index is 11.9. The lowest BCUT2D eigenvalue weighted by Crippen LogP contribution is -2.42. The Morgan fingerprint density at radius 3 is 2.56 bits per heavy atom. The summed E-state index contributed by atoms with van der Waals surface area (Å²) in [6.07, 6.45) is 4.15. The number of nitrogens with zero attached hydrogens (tertiary/aromatic N) is 3. The lowest BCUT2D eigenvalue weighted by Gasteiger charge is -2.10. The molecule has 1 saturated carbocycles.